The Morgan fingerprint density at radius 3 is 2.58 bits per heavy atom. The van der Waals surface area contributed by atoms with E-state index in [0.29, 0.717) is 10.6 Å². The summed E-state index contributed by atoms with van der Waals surface area (Å²) in [6.45, 7) is 8.50. The summed E-state index contributed by atoms with van der Waals surface area (Å²) in [5.74, 6) is 0. The van der Waals surface area contributed by atoms with Gasteiger partial charge in [-0.2, -0.15) is 0 Å². The van der Waals surface area contributed by atoms with E-state index < -0.39 is 0 Å². The molecule has 1 heterocycles. The molecule has 1 aliphatic heterocycles. The van der Waals surface area contributed by atoms with Gasteiger partial charge in [-0.1, -0.05) is 50.1 Å². The molecule has 0 atom stereocenters. The number of hydrogen-bond acceptors (Lipinski definition) is 2. The molecule has 2 rings (SSSR count). The first kappa shape index (κ1) is 14.1. The minimum atomic E-state index is 0.230. The van der Waals surface area contributed by atoms with Gasteiger partial charge in [0.1, 0.15) is 0 Å². The fourth-order valence-electron chi connectivity index (χ4n) is 2.49. The Labute approximate surface area is 120 Å². The molecule has 0 amide bonds. The first-order valence-electron chi connectivity index (χ1n) is 6.61. The van der Waals surface area contributed by atoms with Gasteiger partial charge in [-0.25, -0.2) is 0 Å². The van der Waals surface area contributed by atoms with E-state index in [1.165, 1.54) is 5.57 Å². The smallest absolute Gasteiger partial charge is 0.153 e. The Kier molecular flexibility index (Phi) is 4.00. The van der Waals surface area contributed by atoms with Crippen molar-refractivity contribution in [3.8, 4) is 0 Å². The van der Waals surface area contributed by atoms with Crippen LogP contribution in [0.4, 0.5) is 5.69 Å². The van der Waals surface area contributed by atoms with Gasteiger partial charge >= 0.3 is 0 Å². The van der Waals surface area contributed by atoms with Crippen LogP contribution in [0.15, 0.2) is 29.8 Å². The van der Waals surface area contributed by atoms with Crippen molar-refractivity contribution in [2.24, 2.45) is 5.41 Å². The maximum atomic E-state index is 11.2. The van der Waals surface area contributed by atoms with Gasteiger partial charge in [0.05, 0.1) is 10.6 Å². The molecule has 1 aliphatic rings. The molecule has 0 saturated heterocycles. The van der Waals surface area contributed by atoms with Crippen molar-refractivity contribution in [1.82, 2.24) is 0 Å². The largest absolute Gasteiger partial charge is 0.367 e. The number of rotatable bonds is 2. The number of carbonyl (C=O) groups excluding carboxylic acids is 1. The average molecular weight is 278 g/mol. The highest BCUT2D eigenvalue weighted by Crippen LogP contribution is 2.33. The lowest BCUT2D eigenvalue weighted by molar-refractivity contribution is 0.112. The van der Waals surface area contributed by atoms with E-state index in [9.17, 15) is 4.79 Å². The zero-order valence-corrected chi connectivity index (χ0v) is 12.5. The summed E-state index contributed by atoms with van der Waals surface area (Å²) >= 11 is 6.08. The van der Waals surface area contributed by atoms with Crippen LogP contribution in [0.1, 0.15) is 37.6 Å². The third kappa shape index (κ3) is 3.01. The molecule has 19 heavy (non-hydrogen) atoms. The SMILES string of the molecule is CC(C)(C)C1=CCN(c2cccc(Cl)c2C=O)CC1. The lowest BCUT2D eigenvalue weighted by Crippen LogP contribution is -2.31. The fourth-order valence-corrected chi connectivity index (χ4v) is 2.70. The van der Waals surface area contributed by atoms with Crippen LogP contribution in [0.3, 0.4) is 0 Å². The fraction of sp³-hybridized carbons (Fsp3) is 0.438. The Morgan fingerprint density at radius 1 is 1.32 bits per heavy atom. The Bertz CT molecular complexity index is 514. The van der Waals surface area contributed by atoms with Gasteiger partial charge in [0, 0.05) is 18.8 Å². The predicted octanol–water partition coefficient (Wildman–Crippen LogP) is 4.34. The van der Waals surface area contributed by atoms with Gasteiger partial charge in [0.15, 0.2) is 6.29 Å². The lowest BCUT2D eigenvalue weighted by atomic mass is 9.83. The molecule has 0 N–H and O–H groups in total. The second kappa shape index (κ2) is 5.38. The molecule has 0 spiro atoms. The highest BCUT2D eigenvalue weighted by atomic mass is 35.5. The number of halogens is 1. The summed E-state index contributed by atoms with van der Waals surface area (Å²) < 4.78 is 0. The predicted molar refractivity (Wildman–Crippen MR) is 81.2 cm³/mol. The number of aldehydes is 1. The van der Waals surface area contributed by atoms with Gasteiger partial charge in [0.25, 0.3) is 0 Å². The van der Waals surface area contributed by atoms with Gasteiger partial charge in [-0.3, -0.25) is 4.79 Å². The number of carbonyl (C=O) groups is 1. The zero-order valence-electron chi connectivity index (χ0n) is 11.7. The maximum Gasteiger partial charge on any atom is 0.153 e. The molecule has 0 fully saturated rings. The Hall–Kier alpha value is -1.28. The number of hydrogen-bond donors (Lipinski definition) is 0. The second-order valence-corrected chi connectivity index (χ2v) is 6.37. The van der Waals surface area contributed by atoms with E-state index in [-0.39, 0.29) is 5.41 Å². The lowest BCUT2D eigenvalue weighted by Gasteiger charge is -2.34. The number of benzene rings is 1. The van der Waals surface area contributed by atoms with Crippen molar-refractivity contribution >= 4 is 23.6 Å². The minimum absolute atomic E-state index is 0.230. The molecule has 0 saturated carbocycles. The molecule has 1 aromatic carbocycles. The highest BCUT2D eigenvalue weighted by molar-refractivity contribution is 6.33. The van der Waals surface area contributed by atoms with Crippen molar-refractivity contribution in [1.29, 1.82) is 0 Å². The first-order valence-corrected chi connectivity index (χ1v) is 6.99. The van der Waals surface area contributed by atoms with Crippen molar-refractivity contribution in [2.45, 2.75) is 27.2 Å². The first-order chi connectivity index (χ1) is 8.93. The summed E-state index contributed by atoms with van der Waals surface area (Å²) in [6.07, 6.45) is 4.16. The molecule has 0 unspecified atom stereocenters. The monoisotopic (exact) mass is 277 g/mol. The van der Waals surface area contributed by atoms with E-state index in [0.717, 1.165) is 31.5 Å². The molecule has 0 aromatic heterocycles. The van der Waals surface area contributed by atoms with E-state index in [2.05, 4.69) is 31.7 Å². The van der Waals surface area contributed by atoms with Gasteiger partial charge in [-0.15, -0.1) is 0 Å². The summed E-state index contributed by atoms with van der Waals surface area (Å²) in [5.41, 5.74) is 3.25. The highest BCUT2D eigenvalue weighted by Gasteiger charge is 2.22. The van der Waals surface area contributed by atoms with Gasteiger partial charge in [0.2, 0.25) is 0 Å². The number of anilines is 1. The normalized spacial score (nSPS) is 16.2. The zero-order chi connectivity index (χ0) is 14.0. The van der Waals surface area contributed by atoms with E-state index in [1.54, 1.807) is 6.07 Å². The quantitative estimate of drug-likeness (QED) is 0.592. The van der Waals surface area contributed by atoms with Crippen LogP contribution in [-0.2, 0) is 0 Å². The molecular weight excluding hydrogens is 258 g/mol. The van der Waals surface area contributed by atoms with Crippen LogP contribution in [0.25, 0.3) is 0 Å². The Morgan fingerprint density at radius 2 is 2.05 bits per heavy atom. The summed E-state index contributed by atoms with van der Waals surface area (Å²) in [4.78, 5) is 13.4. The summed E-state index contributed by atoms with van der Waals surface area (Å²) in [7, 11) is 0. The van der Waals surface area contributed by atoms with Crippen LogP contribution in [0.5, 0.6) is 0 Å². The summed E-state index contributed by atoms with van der Waals surface area (Å²) in [5, 5.41) is 0.526. The molecule has 0 aliphatic carbocycles. The topological polar surface area (TPSA) is 20.3 Å². The summed E-state index contributed by atoms with van der Waals surface area (Å²) in [6, 6.07) is 5.62. The van der Waals surface area contributed by atoms with Gasteiger partial charge in [-0.05, 0) is 24.0 Å². The van der Waals surface area contributed by atoms with E-state index >= 15 is 0 Å². The molecule has 0 bridgehead atoms. The third-order valence-electron chi connectivity index (χ3n) is 3.66. The van der Waals surface area contributed by atoms with Crippen LogP contribution in [0, 0.1) is 5.41 Å². The van der Waals surface area contributed by atoms with Crippen LogP contribution >= 0.6 is 11.6 Å². The van der Waals surface area contributed by atoms with Crippen molar-refractivity contribution in [3.05, 3.63) is 40.4 Å². The molecule has 0 radical (unpaired) electrons. The van der Waals surface area contributed by atoms with Crippen LogP contribution in [-0.4, -0.2) is 19.4 Å². The molecule has 2 nitrogen and oxygen atoms in total. The van der Waals surface area contributed by atoms with Crippen LogP contribution in [0.2, 0.25) is 5.02 Å². The number of nitrogens with zero attached hydrogens (tertiary/aromatic N) is 1. The van der Waals surface area contributed by atoms with Crippen molar-refractivity contribution in [3.63, 3.8) is 0 Å². The van der Waals surface area contributed by atoms with Crippen LogP contribution < -0.4 is 4.90 Å². The molecule has 102 valence electrons. The average Bonchev–Trinajstić information content (AvgIpc) is 2.37. The minimum Gasteiger partial charge on any atom is -0.367 e. The molecule has 1 aromatic rings. The van der Waals surface area contributed by atoms with E-state index in [4.69, 9.17) is 11.6 Å². The van der Waals surface area contributed by atoms with Crippen molar-refractivity contribution < 1.29 is 4.79 Å². The molecule has 3 heteroatoms. The van der Waals surface area contributed by atoms with Gasteiger partial charge < -0.3 is 4.90 Å². The van der Waals surface area contributed by atoms with E-state index in [1.807, 2.05) is 12.1 Å². The second-order valence-electron chi connectivity index (χ2n) is 5.97. The standard InChI is InChI=1S/C16H20ClNO/c1-16(2,3)12-7-9-18(10-8-12)15-6-4-5-14(17)13(15)11-19/h4-7,11H,8-10H2,1-3H3. The van der Waals surface area contributed by atoms with Crippen molar-refractivity contribution in [2.75, 3.05) is 18.0 Å². The third-order valence-corrected chi connectivity index (χ3v) is 3.99. The Balaban J connectivity index is 2.25. The molecular formula is C16H20ClNO. The maximum absolute atomic E-state index is 11.2.